The average molecular weight is 535 g/mol. The van der Waals surface area contributed by atoms with Crippen LogP contribution in [-0.2, 0) is 0 Å². The van der Waals surface area contributed by atoms with E-state index in [2.05, 4.69) is 31.7 Å². The van der Waals surface area contributed by atoms with E-state index in [0.717, 1.165) is 21.8 Å². The van der Waals surface area contributed by atoms with Gasteiger partial charge >= 0.3 is 6.03 Å². The first-order valence-electron chi connectivity index (χ1n) is 12.0. The summed E-state index contributed by atoms with van der Waals surface area (Å²) in [7, 11) is 1.83. The Balaban J connectivity index is 1.46. The number of nitrogens with zero attached hydrogens (tertiary/aromatic N) is 6. The molecular weight excluding hydrogens is 510 g/mol. The van der Waals surface area contributed by atoms with Gasteiger partial charge in [0, 0.05) is 61.7 Å². The van der Waals surface area contributed by atoms with E-state index in [9.17, 15) is 13.6 Å². The molecule has 5 rings (SSSR count). The van der Waals surface area contributed by atoms with Crippen molar-refractivity contribution in [3.63, 3.8) is 0 Å². The number of carbonyl (C=O) groups is 1. The number of halogens is 2. The SMILES string of the molecule is CN(CCC#N)c1cnc(F)cc1-c1cccc2cc(-c3nc(NCCN4CCNC4=O)ncc3F)sc12. The summed E-state index contributed by atoms with van der Waals surface area (Å²) in [4.78, 5) is 28.1. The first-order valence-corrected chi connectivity index (χ1v) is 12.8. The average Bonchev–Trinajstić information content (AvgIpc) is 3.54. The topological polar surface area (TPSA) is 110 Å². The van der Waals surface area contributed by atoms with Crippen molar-refractivity contribution in [1.29, 1.82) is 5.26 Å². The number of hydrogen-bond acceptors (Lipinski definition) is 8. The maximum Gasteiger partial charge on any atom is 0.317 e. The molecule has 0 radical (unpaired) electrons. The molecular formula is C26H24F2N8OS. The monoisotopic (exact) mass is 534 g/mol. The fourth-order valence-electron chi connectivity index (χ4n) is 4.32. The van der Waals surface area contributed by atoms with Gasteiger partial charge in [-0.3, -0.25) is 0 Å². The molecule has 194 valence electrons. The maximum absolute atomic E-state index is 14.9. The van der Waals surface area contributed by atoms with Crippen molar-refractivity contribution in [3.05, 3.63) is 54.5 Å². The molecule has 1 fully saturated rings. The summed E-state index contributed by atoms with van der Waals surface area (Å²) in [5, 5.41) is 15.6. The lowest BCUT2D eigenvalue weighted by Gasteiger charge is -2.21. The lowest BCUT2D eigenvalue weighted by molar-refractivity contribution is 0.219. The number of urea groups is 1. The largest absolute Gasteiger partial charge is 0.372 e. The molecule has 1 aromatic carbocycles. The smallest absolute Gasteiger partial charge is 0.317 e. The molecule has 2 amide bonds. The molecule has 4 aromatic rings. The van der Waals surface area contributed by atoms with E-state index < -0.39 is 11.8 Å². The van der Waals surface area contributed by atoms with Crippen LogP contribution in [0.25, 0.3) is 31.8 Å². The maximum atomic E-state index is 14.9. The highest BCUT2D eigenvalue weighted by atomic mass is 32.1. The lowest BCUT2D eigenvalue weighted by atomic mass is 10.0. The van der Waals surface area contributed by atoms with Crippen molar-refractivity contribution in [2.45, 2.75) is 6.42 Å². The summed E-state index contributed by atoms with van der Waals surface area (Å²) >= 11 is 1.35. The second kappa shape index (κ2) is 10.9. The van der Waals surface area contributed by atoms with E-state index in [-0.39, 0.29) is 17.7 Å². The van der Waals surface area contributed by atoms with Gasteiger partial charge in [-0.1, -0.05) is 18.2 Å². The molecule has 0 unspecified atom stereocenters. The second-order valence-corrected chi connectivity index (χ2v) is 9.78. The predicted octanol–water partition coefficient (Wildman–Crippen LogP) is 4.49. The minimum Gasteiger partial charge on any atom is -0.372 e. The first kappa shape index (κ1) is 25.3. The summed E-state index contributed by atoms with van der Waals surface area (Å²) in [5.41, 5.74) is 2.25. The molecule has 1 aliphatic heterocycles. The number of amides is 2. The number of aromatic nitrogens is 3. The number of thiophene rings is 1. The summed E-state index contributed by atoms with van der Waals surface area (Å²) in [6.07, 6.45) is 2.90. The van der Waals surface area contributed by atoms with Crippen molar-refractivity contribution in [3.8, 4) is 27.8 Å². The number of nitriles is 1. The van der Waals surface area contributed by atoms with E-state index in [1.807, 2.05) is 36.2 Å². The van der Waals surface area contributed by atoms with Crippen molar-refractivity contribution in [1.82, 2.24) is 25.2 Å². The van der Waals surface area contributed by atoms with Gasteiger partial charge in [-0.25, -0.2) is 24.1 Å². The molecule has 4 heterocycles. The zero-order chi connectivity index (χ0) is 26.6. The number of fused-ring (bicyclic) bond motifs is 1. The number of hydrogen-bond donors (Lipinski definition) is 2. The lowest BCUT2D eigenvalue weighted by Crippen LogP contribution is -2.32. The van der Waals surface area contributed by atoms with Crippen molar-refractivity contribution < 1.29 is 13.6 Å². The summed E-state index contributed by atoms with van der Waals surface area (Å²) in [5.74, 6) is -0.916. The Bertz CT molecular complexity index is 1540. The van der Waals surface area contributed by atoms with Gasteiger partial charge in [0.2, 0.25) is 11.9 Å². The highest BCUT2D eigenvalue weighted by molar-refractivity contribution is 7.22. The van der Waals surface area contributed by atoms with Gasteiger partial charge in [0.1, 0.15) is 5.69 Å². The third-order valence-corrected chi connectivity index (χ3v) is 7.43. The number of benzene rings is 1. The first-order chi connectivity index (χ1) is 18.4. The fraction of sp³-hybridized carbons (Fsp3) is 0.269. The zero-order valence-corrected chi connectivity index (χ0v) is 21.4. The Morgan fingerprint density at radius 1 is 1.24 bits per heavy atom. The number of anilines is 2. The summed E-state index contributed by atoms with van der Waals surface area (Å²) in [6, 6.07) is 10.9. The van der Waals surface area contributed by atoms with Crippen LogP contribution in [-0.4, -0.2) is 65.7 Å². The van der Waals surface area contributed by atoms with Gasteiger partial charge < -0.3 is 20.4 Å². The Morgan fingerprint density at radius 3 is 2.89 bits per heavy atom. The highest BCUT2D eigenvalue weighted by Crippen LogP contribution is 2.42. The van der Waals surface area contributed by atoms with Crippen LogP contribution in [0.15, 0.2) is 42.7 Å². The molecule has 38 heavy (non-hydrogen) atoms. The van der Waals surface area contributed by atoms with Crippen LogP contribution in [0.4, 0.5) is 25.2 Å². The van der Waals surface area contributed by atoms with E-state index in [1.54, 1.807) is 4.90 Å². The molecule has 12 heteroatoms. The van der Waals surface area contributed by atoms with Crippen LogP contribution in [0.5, 0.6) is 0 Å². The standard InChI is InChI=1S/C26H24F2N8OS/c1-35(9-3-6-29)20-15-32-22(28)13-18(20)17-5-2-4-16-12-21(38-24(16)17)23-19(27)14-33-25(34-23)30-7-10-36-11-8-31-26(36)37/h2,4-5,12-15H,3,7-11H2,1H3,(H,31,37)(H,30,33,34). The van der Waals surface area contributed by atoms with Gasteiger partial charge in [0.15, 0.2) is 5.82 Å². The molecule has 1 saturated heterocycles. The zero-order valence-electron chi connectivity index (χ0n) is 20.5. The molecule has 0 atom stereocenters. The second-order valence-electron chi connectivity index (χ2n) is 8.72. The highest BCUT2D eigenvalue weighted by Gasteiger charge is 2.20. The number of pyridine rings is 1. The van der Waals surface area contributed by atoms with E-state index in [1.165, 1.54) is 23.6 Å². The Hall–Kier alpha value is -4.37. The fourth-order valence-corrected chi connectivity index (χ4v) is 5.50. The van der Waals surface area contributed by atoms with E-state index >= 15 is 0 Å². The number of nitrogens with one attached hydrogen (secondary N) is 2. The van der Waals surface area contributed by atoms with Crippen LogP contribution in [0, 0.1) is 23.1 Å². The number of carbonyl (C=O) groups excluding carboxylic acids is 1. The summed E-state index contributed by atoms with van der Waals surface area (Å²) in [6.45, 7) is 2.62. The minimum absolute atomic E-state index is 0.109. The molecule has 0 aliphatic carbocycles. The van der Waals surface area contributed by atoms with Crippen LogP contribution in [0.1, 0.15) is 6.42 Å². The van der Waals surface area contributed by atoms with Crippen molar-refractivity contribution in [2.75, 3.05) is 50.0 Å². The van der Waals surface area contributed by atoms with Crippen LogP contribution in [0.3, 0.4) is 0 Å². The number of rotatable bonds is 9. The molecule has 1 aliphatic rings. The Kier molecular flexibility index (Phi) is 7.28. The molecule has 0 bridgehead atoms. The normalized spacial score (nSPS) is 13.0. The van der Waals surface area contributed by atoms with Gasteiger partial charge in [-0.05, 0) is 11.5 Å². The molecule has 0 saturated carbocycles. The van der Waals surface area contributed by atoms with E-state index in [4.69, 9.17) is 5.26 Å². The van der Waals surface area contributed by atoms with Crippen molar-refractivity contribution >= 4 is 39.1 Å². The Labute approximate surface area is 221 Å². The summed E-state index contributed by atoms with van der Waals surface area (Å²) < 4.78 is 30.0. The van der Waals surface area contributed by atoms with Gasteiger partial charge in [-0.2, -0.15) is 9.65 Å². The molecule has 0 spiro atoms. The van der Waals surface area contributed by atoms with Gasteiger partial charge in [0.25, 0.3) is 0 Å². The van der Waals surface area contributed by atoms with Crippen LogP contribution < -0.4 is 15.5 Å². The van der Waals surface area contributed by atoms with Crippen LogP contribution in [0.2, 0.25) is 0 Å². The molecule has 3 aromatic heterocycles. The third kappa shape index (κ3) is 5.19. The quantitative estimate of drug-likeness (QED) is 0.305. The van der Waals surface area contributed by atoms with Gasteiger partial charge in [-0.15, -0.1) is 11.3 Å². The van der Waals surface area contributed by atoms with Crippen LogP contribution >= 0.6 is 11.3 Å². The third-order valence-electron chi connectivity index (χ3n) is 6.24. The van der Waals surface area contributed by atoms with E-state index in [0.29, 0.717) is 55.3 Å². The Morgan fingerprint density at radius 2 is 2.11 bits per heavy atom. The minimum atomic E-state index is -0.616. The van der Waals surface area contributed by atoms with Gasteiger partial charge in [0.05, 0.1) is 35.4 Å². The predicted molar refractivity (Wildman–Crippen MR) is 143 cm³/mol. The molecule has 9 nitrogen and oxygen atoms in total. The molecule has 2 N–H and O–H groups in total. The van der Waals surface area contributed by atoms with Crippen molar-refractivity contribution in [2.24, 2.45) is 0 Å².